The molecular weight excluding hydrogens is 254 g/mol. The minimum absolute atomic E-state index is 0.338. The van der Waals surface area contributed by atoms with Gasteiger partial charge >= 0.3 is 0 Å². The van der Waals surface area contributed by atoms with E-state index in [0.29, 0.717) is 6.04 Å². The first kappa shape index (κ1) is 15.3. The van der Waals surface area contributed by atoms with Crippen LogP contribution in [0.3, 0.4) is 0 Å². The van der Waals surface area contributed by atoms with Gasteiger partial charge in [0.05, 0.1) is 0 Å². The number of hydrogen-bond donors (Lipinski definition) is 0. The second-order valence-electron chi connectivity index (χ2n) is 5.15. The summed E-state index contributed by atoms with van der Waals surface area (Å²) in [4.78, 5) is 2.41. The van der Waals surface area contributed by atoms with E-state index in [2.05, 4.69) is 78.7 Å². The van der Waals surface area contributed by atoms with Gasteiger partial charge in [-0.05, 0) is 17.5 Å². The Labute approximate surface area is 128 Å². The maximum Gasteiger partial charge on any atom is 0.0395 e. The highest BCUT2D eigenvalue weighted by atomic mass is 15.1. The van der Waals surface area contributed by atoms with Crippen LogP contribution < -0.4 is 0 Å². The second-order valence-corrected chi connectivity index (χ2v) is 5.15. The molecule has 0 spiro atoms. The molecule has 0 saturated heterocycles. The molecule has 0 N–H and O–H groups in total. The molecule has 1 unspecified atom stereocenters. The van der Waals surface area contributed by atoms with Crippen molar-refractivity contribution in [3.63, 3.8) is 0 Å². The van der Waals surface area contributed by atoms with Crippen LogP contribution in [0.1, 0.15) is 17.2 Å². The van der Waals surface area contributed by atoms with Crippen molar-refractivity contribution in [1.29, 1.82) is 0 Å². The Balaban J connectivity index is 2.28. The van der Waals surface area contributed by atoms with Crippen LogP contribution >= 0.6 is 0 Å². The first-order chi connectivity index (χ1) is 10.3. The Bertz CT molecular complexity index is 535. The van der Waals surface area contributed by atoms with Crippen molar-refractivity contribution in [3.05, 3.63) is 97.1 Å². The summed E-state index contributed by atoms with van der Waals surface area (Å²) in [6.45, 7) is 9.50. The molecule has 1 heteroatoms. The summed E-state index contributed by atoms with van der Waals surface area (Å²) in [5.74, 6) is 0. The molecule has 2 aromatic rings. The van der Waals surface area contributed by atoms with Gasteiger partial charge in [0.15, 0.2) is 0 Å². The third-order valence-electron chi connectivity index (χ3n) is 3.62. The smallest absolute Gasteiger partial charge is 0.0395 e. The largest absolute Gasteiger partial charge is 0.289 e. The zero-order valence-corrected chi connectivity index (χ0v) is 12.5. The van der Waals surface area contributed by atoms with Crippen LogP contribution in [-0.2, 0) is 6.42 Å². The molecule has 0 aliphatic rings. The van der Waals surface area contributed by atoms with Crippen molar-refractivity contribution in [2.45, 2.75) is 12.5 Å². The Morgan fingerprint density at radius 3 is 1.86 bits per heavy atom. The van der Waals surface area contributed by atoms with Gasteiger partial charge in [-0.1, -0.05) is 72.8 Å². The van der Waals surface area contributed by atoms with Crippen LogP contribution in [0.4, 0.5) is 0 Å². The summed E-state index contributed by atoms with van der Waals surface area (Å²) < 4.78 is 0. The van der Waals surface area contributed by atoms with E-state index in [9.17, 15) is 0 Å². The lowest BCUT2D eigenvalue weighted by molar-refractivity contribution is 0.241. The first-order valence-corrected chi connectivity index (χ1v) is 7.40. The second kappa shape index (κ2) is 8.23. The average molecular weight is 277 g/mol. The predicted octanol–water partition coefficient (Wildman–Crippen LogP) is 4.64. The van der Waals surface area contributed by atoms with Gasteiger partial charge in [0.25, 0.3) is 0 Å². The number of rotatable bonds is 8. The molecule has 2 rings (SSSR count). The Kier molecular flexibility index (Phi) is 5.99. The molecule has 0 fully saturated rings. The molecule has 2 aromatic carbocycles. The highest BCUT2D eigenvalue weighted by Crippen LogP contribution is 2.25. The topological polar surface area (TPSA) is 3.24 Å². The normalized spacial score (nSPS) is 12.0. The lowest BCUT2D eigenvalue weighted by Gasteiger charge is -2.30. The lowest BCUT2D eigenvalue weighted by atomic mass is 9.97. The Morgan fingerprint density at radius 1 is 0.810 bits per heavy atom. The van der Waals surface area contributed by atoms with E-state index in [4.69, 9.17) is 0 Å². The summed E-state index contributed by atoms with van der Waals surface area (Å²) in [7, 11) is 0. The van der Waals surface area contributed by atoms with E-state index in [0.717, 1.165) is 19.5 Å². The van der Waals surface area contributed by atoms with Crippen LogP contribution in [0.15, 0.2) is 86.0 Å². The van der Waals surface area contributed by atoms with Crippen LogP contribution in [0.5, 0.6) is 0 Å². The highest BCUT2D eigenvalue weighted by molar-refractivity contribution is 5.24. The van der Waals surface area contributed by atoms with E-state index >= 15 is 0 Å². The van der Waals surface area contributed by atoms with E-state index < -0.39 is 0 Å². The number of hydrogen-bond acceptors (Lipinski definition) is 1. The van der Waals surface area contributed by atoms with Gasteiger partial charge in [0.1, 0.15) is 0 Å². The van der Waals surface area contributed by atoms with Crippen LogP contribution in [0.2, 0.25) is 0 Å². The summed E-state index contributed by atoms with van der Waals surface area (Å²) >= 11 is 0. The molecule has 21 heavy (non-hydrogen) atoms. The van der Waals surface area contributed by atoms with E-state index in [1.165, 1.54) is 11.1 Å². The minimum Gasteiger partial charge on any atom is -0.289 e. The zero-order valence-electron chi connectivity index (χ0n) is 12.5. The monoisotopic (exact) mass is 277 g/mol. The summed E-state index contributed by atoms with van der Waals surface area (Å²) in [5.41, 5.74) is 2.69. The zero-order chi connectivity index (χ0) is 14.9. The van der Waals surface area contributed by atoms with Crippen LogP contribution in [0.25, 0.3) is 0 Å². The fourth-order valence-corrected chi connectivity index (χ4v) is 2.63. The molecule has 0 heterocycles. The maximum atomic E-state index is 3.89. The van der Waals surface area contributed by atoms with E-state index in [1.807, 2.05) is 12.2 Å². The van der Waals surface area contributed by atoms with Crippen molar-refractivity contribution in [1.82, 2.24) is 4.90 Å². The molecule has 0 radical (unpaired) electrons. The van der Waals surface area contributed by atoms with Crippen molar-refractivity contribution < 1.29 is 0 Å². The molecule has 0 saturated carbocycles. The Hall–Kier alpha value is -2.12. The molecule has 0 aliphatic heterocycles. The predicted molar refractivity (Wildman–Crippen MR) is 91.3 cm³/mol. The highest BCUT2D eigenvalue weighted by Gasteiger charge is 2.18. The number of nitrogens with zero attached hydrogens (tertiary/aromatic N) is 1. The summed E-state index contributed by atoms with van der Waals surface area (Å²) in [5, 5.41) is 0. The van der Waals surface area contributed by atoms with E-state index in [-0.39, 0.29) is 0 Å². The quantitative estimate of drug-likeness (QED) is 0.635. The molecule has 0 amide bonds. The summed E-state index contributed by atoms with van der Waals surface area (Å²) in [6.07, 6.45) is 4.92. The van der Waals surface area contributed by atoms with Gasteiger partial charge in [-0.2, -0.15) is 0 Å². The summed E-state index contributed by atoms with van der Waals surface area (Å²) in [6, 6.07) is 21.7. The molecule has 0 bridgehead atoms. The maximum absolute atomic E-state index is 3.89. The minimum atomic E-state index is 0.338. The van der Waals surface area contributed by atoms with Gasteiger partial charge in [-0.25, -0.2) is 0 Å². The van der Waals surface area contributed by atoms with Gasteiger partial charge in [0, 0.05) is 19.1 Å². The van der Waals surface area contributed by atoms with Crippen molar-refractivity contribution in [2.24, 2.45) is 0 Å². The fraction of sp³-hybridized carbons (Fsp3) is 0.200. The molecule has 108 valence electrons. The molecule has 0 aliphatic carbocycles. The third-order valence-corrected chi connectivity index (χ3v) is 3.62. The van der Waals surface area contributed by atoms with Crippen LogP contribution in [-0.4, -0.2) is 18.0 Å². The van der Waals surface area contributed by atoms with Gasteiger partial charge < -0.3 is 0 Å². The van der Waals surface area contributed by atoms with Crippen molar-refractivity contribution in [3.8, 4) is 0 Å². The first-order valence-electron chi connectivity index (χ1n) is 7.40. The van der Waals surface area contributed by atoms with Gasteiger partial charge in [-0.3, -0.25) is 4.90 Å². The molecule has 1 nitrogen and oxygen atoms in total. The van der Waals surface area contributed by atoms with Gasteiger partial charge in [-0.15, -0.1) is 13.2 Å². The molecular formula is C20H23N. The fourth-order valence-electron chi connectivity index (χ4n) is 2.63. The van der Waals surface area contributed by atoms with E-state index in [1.54, 1.807) is 0 Å². The van der Waals surface area contributed by atoms with Crippen molar-refractivity contribution in [2.75, 3.05) is 13.1 Å². The average Bonchev–Trinajstić information content (AvgIpc) is 2.54. The SMILES string of the molecule is C=CCN(CC=C)C(Cc1ccccc1)c1ccccc1. The number of benzene rings is 2. The molecule has 1 atom stereocenters. The third kappa shape index (κ3) is 4.44. The molecule has 0 aromatic heterocycles. The standard InChI is InChI=1S/C20H23N/c1-3-15-21(16-4-2)20(19-13-9-6-10-14-19)17-18-11-7-5-8-12-18/h3-14,20H,1-2,15-17H2. The van der Waals surface area contributed by atoms with Crippen LogP contribution in [0, 0.1) is 0 Å². The van der Waals surface area contributed by atoms with Gasteiger partial charge in [0.2, 0.25) is 0 Å². The lowest BCUT2D eigenvalue weighted by Crippen LogP contribution is -2.30. The van der Waals surface area contributed by atoms with Crippen molar-refractivity contribution >= 4 is 0 Å². The Morgan fingerprint density at radius 2 is 1.33 bits per heavy atom.